The van der Waals surface area contributed by atoms with E-state index in [0.29, 0.717) is 5.56 Å². The number of benzene rings is 1. The highest BCUT2D eigenvalue weighted by Crippen LogP contribution is 2.44. The lowest BCUT2D eigenvalue weighted by Crippen LogP contribution is -2.41. The van der Waals surface area contributed by atoms with E-state index in [1.807, 2.05) is 0 Å². The molecule has 3 nitrogen and oxygen atoms in total. The van der Waals surface area contributed by atoms with E-state index in [4.69, 9.17) is 0 Å². The number of hydrogen-bond donors (Lipinski definition) is 0. The number of carbonyl (C=O) groups excluding carboxylic acids is 1. The summed E-state index contributed by atoms with van der Waals surface area (Å²) in [5.41, 5.74) is -2.42. The van der Waals surface area contributed by atoms with Gasteiger partial charge in [0.05, 0.1) is 6.61 Å². The van der Waals surface area contributed by atoms with Crippen LogP contribution in [0.25, 0.3) is 0 Å². The summed E-state index contributed by atoms with van der Waals surface area (Å²) >= 11 is 0. The van der Waals surface area contributed by atoms with Crippen molar-refractivity contribution < 1.29 is 31.8 Å². The second kappa shape index (κ2) is 4.24. The molecule has 0 aliphatic carbocycles. The molecule has 0 amide bonds. The Bertz CT molecular complexity index is 448. The Balaban J connectivity index is 1.95. The second-order valence-electron chi connectivity index (χ2n) is 3.82. The fourth-order valence-corrected chi connectivity index (χ4v) is 1.32. The molecule has 1 atom stereocenters. The van der Waals surface area contributed by atoms with E-state index in [9.17, 15) is 22.4 Å². The quantitative estimate of drug-likeness (QED) is 0.477. The molecule has 18 heavy (non-hydrogen) atoms. The Kier molecular flexibility index (Phi) is 3.02. The zero-order valence-electron chi connectivity index (χ0n) is 8.96. The van der Waals surface area contributed by atoms with Crippen LogP contribution in [0.1, 0.15) is 5.56 Å². The highest BCUT2D eigenvalue weighted by Gasteiger charge is 2.72. The molecule has 0 saturated carbocycles. The van der Waals surface area contributed by atoms with Crippen LogP contribution in [0.4, 0.5) is 17.6 Å². The van der Waals surface area contributed by atoms with Gasteiger partial charge in [0.1, 0.15) is 12.4 Å². The van der Waals surface area contributed by atoms with Crippen molar-refractivity contribution in [2.75, 3.05) is 6.61 Å². The van der Waals surface area contributed by atoms with Gasteiger partial charge in [-0.2, -0.15) is 13.2 Å². The maximum atomic E-state index is 12.6. The van der Waals surface area contributed by atoms with E-state index < -0.39 is 30.2 Å². The van der Waals surface area contributed by atoms with Crippen molar-refractivity contribution in [2.24, 2.45) is 0 Å². The molecule has 1 saturated heterocycles. The third kappa shape index (κ3) is 2.31. The predicted molar refractivity (Wildman–Crippen MR) is 50.9 cm³/mol. The lowest BCUT2D eigenvalue weighted by molar-refractivity contribution is -0.204. The van der Waals surface area contributed by atoms with Gasteiger partial charge < -0.3 is 9.47 Å². The normalized spacial score (nSPS) is 22.7. The van der Waals surface area contributed by atoms with E-state index in [2.05, 4.69) is 9.47 Å². The monoisotopic (exact) mass is 264 g/mol. The predicted octanol–water partition coefficient (Wildman–Crippen LogP) is 2.20. The topological polar surface area (TPSA) is 38.8 Å². The molecule has 1 aliphatic rings. The third-order valence-electron chi connectivity index (χ3n) is 2.50. The molecule has 2 rings (SSSR count). The zero-order chi connectivity index (χ0) is 13.4. The van der Waals surface area contributed by atoms with Crippen LogP contribution in [0.5, 0.6) is 0 Å². The number of halogens is 4. The van der Waals surface area contributed by atoms with Gasteiger partial charge in [0.2, 0.25) is 0 Å². The van der Waals surface area contributed by atoms with Crippen LogP contribution in [0.3, 0.4) is 0 Å². The van der Waals surface area contributed by atoms with Crippen molar-refractivity contribution in [1.82, 2.24) is 0 Å². The van der Waals surface area contributed by atoms with Gasteiger partial charge in [-0.15, -0.1) is 0 Å². The maximum absolute atomic E-state index is 12.6. The first-order valence-corrected chi connectivity index (χ1v) is 4.97. The van der Waals surface area contributed by atoms with E-state index in [1.54, 1.807) is 0 Å². The zero-order valence-corrected chi connectivity index (χ0v) is 8.96. The number of epoxide rings is 1. The maximum Gasteiger partial charge on any atom is 0.430 e. The summed E-state index contributed by atoms with van der Waals surface area (Å²) in [5.74, 6) is -1.96. The van der Waals surface area contributed by atoms with Crippen molar-refractivity contribution in [2.45, 2.75) is 18.4 Å². The van der Waals surface area contributed by atoms with Crippen LogP contribution in [-0.2, 0) is 20.9 Å². The largest absolute Gasteiger partial charge is 0.458 e. The molecule has 7 heteroatoms. The molecule has 0 N–H and O–H groups in total. The number of hydrogen-bond acceptors (Lipinski definition) is 3. The highest BCUT2D eigenvalue weighted by atomic mass is 19.4. The number of rotatable bonds is 3. The minimum Gasteiger partial charge on any atom is -0.458 e. The number of alkyl halides is 3. The molecular formula is C11H8F4O3. The second-order valence-corrected chi connectivity index (χ2v) is 3.82. The minimum absolute atomic E-state index is 0.361. The van der Waals surface area contributed by atoms with Crippen molar-refractivity contribution >= 4 is 5.97 Å². The summed E-state index contributed by atoms with van der Waals surface area (Å²) < 4.78 is 58.6. The summed E-state index contributed by atoms with van der Waals surface area (Å²) in [5, 5.41) is 0. The Morgan fingerprint density at radius 3 is 2.33 bits per heavy atom. The Hall–Kier alpha value is -1.63. The molecule has 1 aromatic carbocycles. The Labute approximate surface area is 99.3 Å². The SMILES string of the molecule is O=C(OCc1ccc(F)cc1)C1(C(F)(F)F)CO1. The van der Waals surface area contributed by atoms with Gasteiger partial charge in [0.15, 0.2) is 0 Å². The van der Waals surface area contributed by atoms with Gasteiger partial charge in [-0.1, -0.05) is 12.1 Å². The Morgan fingerprint density at radius 1 is 1.33 bits per heavy atom. The van der Waals surface area contributed by atoms with Gasteiger partial charge >= 0.3 is 12.1 Å². The van der Waals surface area contributed by atoms with Gasteiger partial charge in [0, 0.05) is 0 Å². The molecule has 1 aromatic rings. The lowest BCUT2D eigenvalue weighted by Gasteiger charge is -2.14. The standard InChI is InChI=1S/C11H8F4O3/c12-8-3-1-7(2-4-8)5-17-9(16)10(6-18-10)11(13,14)15/h1-4H,5-6H2. The number of esters is 1. The molecule has 0 radical (unpaired) electrons. The Morgan fingerprint density at radius 2 is 1.89 bits per heavy atom. The first kappa shape index (κ1) is 12.8. The first-order chi connectivity index (χ1) is 8.35. The van der Waals surface area contributed by atoms with E-state index >= 15 is 0 Å². The molecule has 1 aliphatic heterocycles. The molecule has 1 unspecified atom stereocenters. The summed E-state index contributed by atoms with van der Waals surface area (Å²) in [4.78, 5) is 11.3. The summed E-state index contributed by atoms with van der Waals surface area (Å²) in [6, 6.07) is 4.87. The van der Waals surface area contributed by atoms with Gasteiger partial charge in [-0.25, -0.2) is 9.18 Å². The van der Waals surface area contributed by atoms with Crippen molar-refractivity contribution in [3.63, 3.8) is 0 Å². The van der Waals surface area contributed by atoms with E-state index in [1.165, 1.54) is 12.1 Å². The lowest BCUT2D eigenvalue weighted by atomic mass is 10.1. The van der Waals surface area contributed by atoms with Crippen molar-refractivity contribution in [1.29, 1.82) is 0 Å². The molecule has 0 bridgehead atoms. The number of carbonyl (C=O) groups is 1. The van der Waals surface area contributed by atoms with Gasteiger partial charge in [-0.3, -0.25) is 0 Å². The van der Waals surface area contributed by atoms with Crippen LogP contribution in [0.15, 0.2) is 24.3 Å². The summed E-state index contributed by atoms with van der Waals surface area (Å²) in [6.45, 7) is -1.08. The summed E-state index contributed by atoms with van der Waals surface area (Å²) in [7, 11) is 0. The highest BCUT2D eigenvalue weighted by molar-refractivity contribution is 5.83. The van der Waals surface area contributed by atoms with Crippen LogP contribution in [0, 0.1) is 5.82 Å². The molecule has 98 valence electrons. The molecule has 1 heterocycles. The van der Waals surface area contributed by atoms with Crippen LogP contribution in [-0.4, -0.2) is 24.4 Å². The van der Waals surface area contributed by atoms with E-state index in [-0.39, 0.29) is 6.61 Å². The summed E-state index contributed by atoms with van der Waals surface area (Å²) in [6.07, 6.45) is -4.78. The number of ether oxygens (including phenoxy) is 2. The third-order valence-corrected chi connectivity index (χ3v) is 2.50. The van der Waals surface area contributed by atoms with Crippen molar-refractivity contribution in [3.05, 3.63) is 35.6 Å². The van der Waals surface area contributed by atoms with Crippen LogP contribution in [0.2, 0.25) is 0 Å². The average Bonchev–Trinajstić information content (AvgIpc) is 3.08. The molecule has 0 spiro atoms. The van der Waals surface area contributed by atoms with E-state index in [0.717, 1.165) is 12.1 Å². The smallest absolute Gasteiger partial charge is 0.430 e. The van der Waals surface area contributed by atoms with Crippen molar-refractivity contribution in [3.8, 4) is 0 Å². The molecule has 0 aromatic heterocycles. The van der Waals surface area contributed by atoms with Crippen LogP contribution < -0.4 is 0 Å². The minimum atomic E-state index is -4.78. The fourth-order valence-electron chi connectivity index (χ4n) is 1.32. The van der Waals surface area contributed by atoms with Gasteiger partial charge in [-0.05, 0) is 17.7 Å². The fraction of sp³-hybridized carbons (Fsp3) is 0.364. The molecule has 1 fully saturated rings. The van der Waals surface area contributed by atoms with Crippen LogP contribution >= 0.6 is 0 Å². The average molecular weight is 264 g/mol. The molecular weight excluding hydrogens is 256 g/mol. The van der Waals surface area contributed by atoms with Gasteiger partial charge in [0.25, 0.3) is 5.60 Å². The first-order valence-electron chi connectivity index (χ1n) is 4.97.